The molecule has 0 radical (unpaired) electrons. The summed E-state index contributed by atoms with van der Waals surface area (Å²) in [5.74, 6) is -1.22. The lowest BCUT2D eigenvalue weighted by molar-refractivity contribution is -0.183. The zero-order valence-electron chi connectivity index (χ0n) is 22.3. The van der Waals surface area contributed by atoms with Gasteiger partial charge in [0.25, 0.3) is 5.92 Å². The average Bonchev–Trinajstić information content (AvgIpc) is 3.18. The number of aliphatic hydroxyl groups excluding tert-OH is 1. The molecule has 6 atom stereocenters. The maximum Gasteiger partial charge on any atom is 0.275 e. The first-order valence-electron chi connectivity index (χ1n) is 13.4. The van der Waals surface area contributed by atoms with Crippen molar-refractivity contribution in [1.82, 2.24) is 0 Å². The van der Waals surface area contributed by atoms with E-state index in [9.17, 15) is 13.9 Å². The van der Waals surface area contributed by atoms with Gasteiger partial charge < -0.3 is 14.6 Å². The zero-order valence-corrected chi connectivity index (χ0v) is 22.3. The summed E-state index contributed by atoms with van der Waals surface area (Å²) < 4.78 is 40.2. The van der Waals surface area contributed by atoms with Crippen LogP contribution in [0.25, 0.3) is 0 Å². The number of ether oxygens (including phenoxy) is 2. The topological polar surface area (TPSA) is 38.7 Å². The number of alkyl halides is 2. The Kier molecular flexibility index (Phi) is 9.07. The molecule has 0 aromatic carbocycles. The highest BCUT2D eigenvalue weighted by Gasteiger charge is 2.52. The molecular formula is C29H48F2O3. The van der Waals surface area contributed by atoms with Gasteiger partial charge in [0, 0.05) is 27.2 Å². The van der Waals surface area contributed by atoms with Gasteiger partial charge in [0.2, 0.25) is 0 Å². The Morgan fingerprint density at radius 2 is 1.91 bits per heavy atom. The molecule has 3 rings (SSSR count). The molecule has 0 aromatic rings. The van der Waals surface area contributed by atoms with E-state index in [0.29, 0.717) is 18.3 Å². The molecule has 34 heavy (non-hydrogen) atoms. The predicted octanol–water partition coefficient (Wildman–Crippen LogP) is 7.34. The van der Waals surface area contributed by atoms with Crippen LogP contribution in [0, 0.1) is 29.1 Å². The Morgan fingerprint density at radius 3 is 2.56 bits per heavy atom. The number of allylic oxidation sites excluding steroid dienone is 3. The van der Waals surface area contributed by atoms with Crippen molar-refractivity contribution < 1.29 is 23.4 Å². The van der Waals surface area contributed by atoms with Crippen LogP contribution in [-0.4, -0.2) is 43.6 Å². The highest BCUT2D eigenvalue weighted by atomic mass is 19.3. The second-order valence-corrected chi connectivity index (χ2v) is 12.1. The van der Waals surface area contributed by atoms with Gasteiger partial charge in [-0.1, -0.05) is 37.1 Å². The summed E-state index contributed by atoms with van der Waals surface area (Å²) in [5.41, 5.74) is 1.69. The monoisotopic (exact) mass is 482 g/mol. The molecule has 3 unspecified atom stereocenters. The summed E-state index contributed by atoms with van der Waals surface area (Å²) in [6.07, 6.45) is 13.9. The molecule has 0 bridgehead atoms. The highest BCUT2D eigenvalue weighted by molar-refractivity contribution is 5.26. The van der Waals surface area contributed by atoms with Crippen molar-refractivity contribution in [2.45, 2.75) is 110 Å². The normalized spacial score (nSPS) is 36.1. The summed E-state index contributed by atoms with van der Waals surface area (Å²) in [7, 11) is 3.14. The largest absolute Gasteiger partial charge is 0.396 e. The molecule has 5 heteroatoms. The first kappa shape index (κ1) is 27.8. The number of hydrogen-bond acceptors (Lipinski definition) is 3. The van der Waals surface area contributed by atoms with E-state index in [-0.39, 0.29) is 36.4 Å². The van der Waals surface area contributed by atoms with E-state index in [2.05, 4.69) is 26.0 Å². The molecule has 3 saturated carbocycles. The van der Waals surface area contributed by atoms with Crippen molar-refractivity contribution >= 4 is 0 Å². The molecule has 3 aliphatic carbocycles. The van der Waals surface area contributed by atoms with Crippen LogP contribution in [0.1, 0.15) is 91.9 Å². The second kappa shape index (κ2) is 11.1. The van der Waals surface area contributed by atoms with Gasteiger partial charge in [0.15, 0.2) is 0 Å². The van der Waals surface area contributed by atoms with E-state index in [0.717, 1.165) is 32.1 Å². The Bertz CT molecular complexity index is 730. The summed E-state index contributed by atoms with van der Waals surface area (Å²) in [4.78, 5) is 0. The number of aliphatic hydroxyl groups is 1. The van der Waals surface area contributed by atoms with Crippen LogP contribution < -0.4 is 0 Å². The summed E-state index contributed by atoms with van der Waals surface area (Å²) in [6.45, 7) is 7.81. The van der Waals surface area contributed by atoms with Gasteiger partial charge in [-0.3, -0.25) is 0 Å². The minimum Gasteiger partial charge on any atom is -0.396 e. The molecule has 0 amide bonds. The maximum absolute atomic E-state index is 14.8. The van der Waals surface area contributed by atoms with E-state index in [1.807, 2.05) is 0 Å². The van der Waals surface area contributed by atoms with Gasteiger partial charge in [-0.15, -0.1) is 0 Å². The lowest BCUT2D eigenvalue weighted by Crippen LogP contribution is -2.45. The number of fused-ring (bicyclic) bond motifs is 1. The van der Waals surface area contributed by atoms with Crippen molar-refractivity contribution in [3.63, 3.8) is 0 Å². The van der Waals surface area contributed by atoms with Gasteiger partial charge in [0.1, 0.15) is 5.60 Å². The minimum atomic E-state index is -2.83. The molecule has 0 saturated heterocycles. The number of halogens is 2. The van der Waals surface area contributed by atoms with Crippen LogP contribution in [0.2, 0.25) is 0 Å². The quantitative estimate of drug-likeness (QED) is 0.374. The van der Waals surface area contributed by atoms with E-state index in [1.165, 1.54) is 45.8 Å². The Morgan fingerprint density at radius 1 is 1.18 bits per heavy atom. The predicted molar refractivity (Wildman–Crippen MR) is 134 cm³/mol. The van der Waals surface area contributed by atoms with Crippen molar-refractivity contribution in [2.75, 3.05) is 20.8 Å². The third kappa shape index (κ3) is 5.78. The van der Waals surface area contributed by atoms with E-state index in [4.69, 9.17) is 9.47 Å². The SMILES string of the molecule is CO[C@@H]1C/C(=C\C=C2/CCC[C@@]3(C)C2CCC3C(C)CCC(F)(F)C(C)(C)OC)C[C@@H](CO)C1. The fraction of sp³-hybridized carbons (Fsp3) is 0.862. The number of methoxy groups -OCH3 is 2. The molecule has 0 heterocycles. The van der Waals surface area contributed by atoms with Crippen molar-refractivity contribution in [1.29, 1.82) is 0 Å². The van der Waals surface area contributed by atoms with E-state index < -0.39 is 11.5 Å². The average molecular weight is 483 g/mol. The fourth-order valence-corrected chi connectivity index (χ4v) is 7.24. The molecule has 3 fully saturated rings. The first-order chi connectivity index (χ1) is 16.0. The summed E-state index contributed by atoms with van der Waals surface area (Å²) in [6, 6.07) is 0. The molecule has 0 aliphatic heterocycles. The Hall–Kier alpha value is -0.780. The molecular weight excluding hydrogens is 434 g/mol. The first-order valence-corrected chi connectivity index (χ1v) is 13.4. The van der Waals surface area contributed by atoms with E-state index >= 15 is 0 Å². The molecule has 1 N–H and O–H groups in total. The van der Waals surface area contributed by atoms with Crippen molar-refractivity contribution in [3.05, 3.63) is 23.3 Å². The minimum absolute atomic E-state index is 0.117. The second-order valence-electron chi connectivity index (χ2n) is 12.1. The molecule has 0 aromatic heterocycles. The van der Waals surface area contributed by atoms with Crippen LogP contribution in [0.4, 0.5) is 8.78 Å². The Labute approximate surface area is 206 Å². The molecule has 196 valence electrons. The van der Waals surface area contributed by atoms with Crippen molar-refractivity contribution in [2.24, 2.45) is 29.1 Å². The van der Waals surface area contributed by atoms with Crippen LogP contribution in [0.5, 0.6) is 0 Å². The summed E-state index contributed by atoms with van der Waals surface area (Å²) in [5, 5.41) is 9.68. The molecule has 3 nitrogen and oxygen atoms in total. The lowest BCUT2D eigenvalue weighted by Gasteiger charge is -2.45. The fourth-order valence-electron chi connectivity index (χ4n) is 7.24. The third-order valence-corrected chi connectivity index (χ3v) is 9.79. The van der Waals surface area contributed by atoms with Gasteiger partial charge in [-0.25, -0.2) is 8.78 Å². The van der Waals surface area contributed by atoms with Gasteiger partial charge in [-0.05, 0) is 101 Å². The molecule has 0 spiro atoms. The third-order valence-electron chi connectivity index (χ3n) is 9.79. The van der Waals surface area contributed by atoms with Gasteiger partial charge in [-0.2, -0.15) is 0 Å². The smallest absolute Gasteiger partial charge is 0.275 e. The zero-order chi connectivity index (χ0) is 25.1. The number of hydrogen-bond donors (Lipinski definition) is 1. The van der Waals surface area contributed by atoms with Crippen LogP contribution in [-0.2, 0) is 9.47 Å². The lowest BCUT2D eigenvalue weighted by atomic mass is 9.60. The van der Waals surface area contributed by atoms with E-state index in [1.54, 1.807) is 12.7 Å². The van der Waals surface area contributed by atoms with Crippen LogP contribution in [0.3, 0.4) is 0 Å². The number of rotatable bonds is 9. The Balaban J connectivity index is 1.69. The van der Waals surface area contributed by atoms with Gasteiger partial charge >= 0.3 is 0 Å². The highest BCUT2D eigenvalue weighted by Crippen LogP contribution is 2.60. The maximum atomic E-state index is 14.8. The van der Waals surface area contributed by atoms with Crippen molar-refractivity contribution in [3.8, 4) is 0 Å². The van der Waals surface area contributed by atoms with Gasteiger partial charge in [0.05, 0.1) is 6.10 Å². The standard InChI is InChI=1S/C29H48F2O3/c1-20(13-15-29(30,31)27(2,3)34-6)25-11-12-26-23(8-7-14-28(25,26)4)10-9-21-16-22(19-32)18-24(17-21)33-5/h9-10,20,22,24-26,32H,7-8,11-19H2,1-6H3/b21-9-,23-10+/t20?,22-,24-,25?,26?,28-/m1/s1. The van der Waals surface area contributed by atoms with Crippen LogP contribution >= 0.6 is 0 Å². The molecule has 3 aliphatic rings. The summed E-state index contributed by atoms with van der Waals surface area (Å²) >= 11 is 0. The van der Waals surface area contributed by atoms with Crippen LogP contribution in [0.15, 0.2) is 23.3 Å².